The molecule has 0 radical (unpaired) electrons. The molecule has 1 saturated heterocycles. The second-order valence-electron chi connectivity index (χ2n) is 5.35. The van der Waals surface area contributed by atoms with Gasteiger partial charge in [0.25, 0.3) is 17.1 Å². The fraction of sp³-hybridized carbons (Fsp3) is 0.0556. The topological polar surface area (TPSA) is 84.5 Å². The number of hydrogen-bond donors (Lipinski definition) is 2. The monoisotopic (exact) mass is 422 g/mol. The van der Waals surface area contributed by atoms with E-state index in [4.69, 9.17) is 27.9 Å². The zero-order chi connectivity index (χ0) is 19.4. The van der Waals surface area contributed by atoms with Gasteiger partial charge in [-0.2, -0.15) is 0 Å². The summed E-state index contributed by atoms with van der Waals surface area (Å²) in [6.45, 7) is -0.227. The van der Waals surface area contributed by atoms with Crippen molar-refractivity contribution in [2.24, 2.45) is 0 Å². The SMILES string of the molecule is O=C(COc1ccc(/C=C2/SC(=O)NC2=O)cc1)Nc1c(Cl)cccc1Cl. The number of hydrogen-bond acceptors (Lipinski definition) is 5. The Morgan fingerprint density at radius 2 is 1.78 bits per heavy atom. The molecule has 0 bridgehead atoms. The van der Waals surface area contributed by atoms with Crippen molar-refractivity contribution in [2.45, 2.75) is 0 Å². The molecule has 1 heterocycles. The fourth-order valence-corrected chi connectivity index (χ4v) is 3.35. The summed E-state index contributed by atoms with van der Waals surface area (Å²) in [7, 11) is 0. The van der Waals surface area contributed by atoms with E-state index in [0.717, 1.165) is 17.3 Å². The van der Waals surface area contributed by atoms with Crippen molar-refractivity contribution in [3.05, 3.63) is 63.0 Å². The van der Waals surface area contributed by atoms with Crippen molar-refractivity contribution in [2.75, 3.05) is 11.9 Å². The van der Waals surface area contributed by atoms with Gasteiger partial charge in [-0.25, -0.2) is 0 Å². The maximum absolute atomic E-state index is 12.0. The van der Waals surface area contributed by atoms with Gasteiger partial charge in [0.05, 0.1) is 20.6 Å². The Morgan fingerprint density at radius 3 is 2.37 bits per heavy atom. The molecule has 2 aromatic rings. The number of thioether (sulfide) groups is 1. The third-order valence-corrected chi connectivity index (χ3v) is 4.86. The van der Waals surface area contributed by atoms with Crippen LogP contribution in [0.4, 0.5) is 10.5 Å². The molecule has 6 nitrogen and oxygen atoms in total. The smallest absolute Gasteiger partial charge is 0.290 e. The van der Waals surface area contributed by atoms with Crippen molar-refractivity contribution >= 4 is 63.8 Å². The number of imide groups is 1. The minimum absolute atomic E-state index is 0.227. The third-order valence-electron chi connectivity index (χ3n) is 3.42. The van der Waals surface area contributed by atoms with Gasteiger partial charge in [-0.15, -0.1) is 0 Å². The van der Waals surface area contributed by atoms with Crippen molar-refractivity contribution in [3.63, 3.8) is 0 Å². The number of nitrogens with one attached hydrogen (secondary N) is 2. The summed E-state index contributed by atoms with van der Waals surface area (Å²) in [5.41, 5.74) is 1.06. The van der Waals surface area contributed by atoms with Gasteiger partial charge in [0.1, 0.15) is 5.75 Å². The van der Waals surface area contributed by atoms with Crippen molar-refractivity contribution in [3.8, 4) is 5.75 Å². The van der Waals surface area contributed by atoms with Crippen LogP contribution in [-0.4, -0.2) is 23.7 Å². The fourth-order valence-electron chi connectivity index (χ4n) is 2.17. The predicted octanol–water partition coefficient (Wildman–Crippen LogP) is 4.33. The Balaban J connectivity index is 1.57. The highest BCUT2D eigenvalue weighted by Gasteiger charge is 2.24. The summed E-state index contributed by atoms with van der Waals surface area (Å²) in [5, 5.41) is 5.06. The predicted molar refractivity (Wildman–Crippen MR) is 106 cm³/mol. The lowest BCUT2D eigenvalue weighted by Crippen LogP contribution is -2.20. The number of ether oxygens (including phenoxy) is 1. The second kappa shape index (κ2) is 8.47. The molecule has 0 saturated carbocycles. The number of benzene rings is 2. The molecule has 0 atom stereocenters. The van der Waals surface area contributed by atoms with E-state index in [1.54, 1.807) is 48.5 Å². The van der Waals surface area contributed by atoms with Crippen LogP contribution in [0, 0.1) is 0 Å². The van der Waals surface area contributed by atoms with E-state index in [1.165, 1.54) is 0 Å². The average Bonchev–Trinajstić information content (AvgIpc) is 2.95. The Hall–Kier alpha value is -2.48. The quantitative estimate of drug-likeness (QED) is 0.700. The molecular formula is C18H12Cl2N2O4S. The van der Waals surface area contributed by atoms with Gasteiger partial charge in [-0.05, 0) is 47.7 Å². The number of carbonyl (C=O) groups excluding carboxylic acids is 3. The molecule has 1 aliphatic heterocycles. The van der Waals surface area contributed by atoms with Gasteiger partial charge >= 0.3 is 0 Å². The molecule has 1 fully saturated rings. The first kappa shape index (κ1) is 19.3. The maximum atomic E-state index is 12.0. The summed E-state index contributed by atoms with van der Waals surface area (Å²) in [6, 6.07) is 11.6. The average molecular weight is 423 g/mol. The number of para-hydroxylation sites is 1. The summed E-state index contributed by atoms with van der Waals surface area (Å²) in [5.74, 6) is -0.355. The van der Waals surface area contributed by atoms with Crippen LogP contribution in [0.1, 0.15) is 5.56 Å². The van der Waals surface area contributed by atoms with Gasteiger partial charge in [-0.1, -0.05) is 41.4 Å². The lowest BCUT2D eigenvalue weighted by atomic mass is 10.2. The Labute approximate surface area is 168 Å². The summed E-state index contributed by atoms with van der Waals surface area (Å²) < 4.78 is 5.43. The van der Waals surface area contributed by atoms with E-state index in [9.17, 15) is 14.4 Å². The number of halogens is 2. The second-order valence-corrected chi connectivity index (χ2v) is 7.18. The molecule has 9 heteroatoms. The largest absolute Gasteiger partial charge is 0.484 e. The van der Waals surface area contributed by atoms with E-state index < -0.39 is 17.1 Å². The summed E-state index contributed by atoms with van der Waals surface area (Å²) in [6.07, 6.45) is 1.60. The third kappa shape index (κ3) is 5.03. The van der Waals surface area contributed by atoms with Crippen molar-refractivity contribution in [1.82, 2.24) is 5.32 Å². The Morgan fingerprint density at radius 1 is 1.11 bits per heavy atom. The van der Waals surface area contributed by atoms with Crippen LogP contribution in [0.2, 0.25) is 10.0 Å². The molecule has 2 aromatic carbocycles. The van der Waals surface area contributed by atoms with E-state index in [1.807, 2.05) is 0 Å². The lowest BCUT2D eigenvalue weighted by Gasteiger charge is -2.10. The van der Waals surface area contributed by atoms with E-state index in [-0.39, 0.29) is 6.61 Å². The first-order valence-corrected chi connectivity index (χ1v) is 9.21. The highest BCUT2D eigenvalue weighted by molar-refractivity contribution is 8.18. The molecule has 0 spiro atoms. The minimum atomic E-state index is -0.416. The van der Waals surface area contributed by atoms with Crippen LogP contribution >= 0.6 is 35.0 Å². The molecule has 138 valence electrons. The maximum Gasteiger partial charge on any atom is 0.290 e. The van der Waals surface area contributed by atoms with Crippen LogP contribution < -0.4 is 15.4 Å². The van der Waals surface area contributed by atoms with Crippen molar-refractivity contribution < 1.29 is 19.1 Å². The van der Waals surface area contributed by atoms with Gasteiger partial charge in [0, 0.05) is 0 Å². The molecule has 0 aliphatic carbocycles. The normalized spacial score (nSPS) is 15.0. The van der Waals surface area contributed by atoms with Gasteiger partial charge < -0.3 is 10.1 Å². The van der Waals surface area contributed by atoms with E-state index in [2.05, 4.69) is 10.6 Å². The molecule has 27 heavy (non-hydrogen) atoms. The van der Waals surface area contributed by atoms with Crippen LogP contribution in [0.5, 0.6) is 5.75 Å². The lowest BCUT2D eigenvalue weighted by molar-refractivity contribution is -0.118. The van der Waals surface area contributed by atoms with Gasteiger partial charge in [0.2, 0.25) is 0 Å². The highest BCUT2D eigenvalue weighted by Crippen LogP contribution is 2.30. The van der Waals surface area contributed by atoms with Crippen LogP contribution in [0.3, 0.4) is 0 Å². The zero-order valence-corrected chi connectivity index (χ0v) is 16.0. The molecule has 2 N–H and O–H groups in total. The zero-order valence-electron chi connectivity index (χ0n) is 13.6. The molecule has 3 rings (SSSR count). The number of rotatable bonds is 5. The highest BCUT2D eigenvalue weighted by atomic mass is 35.5. The first-order valence-electron chi connectivity index (χ1n) is 7.64. The van der Waals surface area contributed by atoms with Crippen LogP contribution in [-0.2, 0) is 9.59 Å². The van der Waals surface area contributed by atoms with Crippen molar-refractivity contribution in [1.29, 1.82) is 0 Å². The Bertz CT molecular complexity index is 925. The number of carbonyl (C=O) groups is 3. The summed E-state index contributed by atoms with van der Waals surface area (Å²) in [4.78, 5) is 35.0. The van der Waals surface area contributed by atoms with E-state index in [0.29, 0.717) is 26.4 Å². The number of anilines is 1. The van der Waals surface area contributed by atoms with E-state index >= 15 is 0 Å². The van der Waals surface area contributed by atoms with Gasteiger partial charge in [0.15, 0.2) is 6.61 Å². The Kier molecular flexibility index (Phi) is 6.05. The summed E-state index contributed by atoms with van der Waals surface area (Å²) >= 11 is 12.8. The molecule has 0 aromatic heterocycles. The number of amides is 3. The standard InChI is InChI=1S/C18H12Cl2N2O4S/c19-12-2-1-3-13(20)16(12)21-15(23)9-26-11-6-4-10(5-7-11)8-14-17(24)22-18(25)27-14/h1-8H,9H2,(H,21,23)(H,22,24,25)/b14-8+. The first-order chi connectivity index (χ1) is 12.9. The molecule has 1 aliphatic rings. The minimum Gasteiger partial charge on any atom is -0.484 e. The molecule has 3 amide bonds. The van der Waals surface area contributed by atoms with Gasteiger partial charge in [-0.3, -0.25) is 19.7 Å². The van der Waals surface area contributed by atoms with Crippen LogP contribution in [0.15, 0.2) is 47.4 Å². The molecular weight excluding hydrogens is 411 g/mol. The van der Waals surface area contributed by atoms with Crippen LogP contribution in [0.25, 0.3) is 6.08 Å². The molecule has 0 unspecified atom stereocenters.